The van der Waals surface area contributed by atoms with E-state index < -0.39 is 5.54 Å². The predicted octanol–water partition coefficient (Wildman–Crippen LogP) is 4.89. The lowest BCUT2D eigenvalue weighted by molar-refractivity contribution is -0.126. The molecule has 0 saturated heterocycles. The van der Waals surface area contributed by atoms with Gasteiger partial charge in [0, 0.05) is 19.1 Å². The molecule has 2 aromatic rings. The summed E-state index contributed by atoms with van der Waals surface area (Å²) >= 11 is 0. The van der Waals surface area contributed by atoms with Gasteiger partial charge in [-0.3, -0.25) is 4.79 Å². The van der Waals surface area contributed by atoms with Crippen LogP contribution in [0.1, 0.15) is 57.9 Å². The van der Waals surface area contributed by atoms with E-state index >= 15 is 0 Å². The number of carbonyl (C=O) groups excluding carboxylic acids is 1. The first-order chi connectivity index (χ1) is 15.5. The summed E-state index contributed by atoms with van der Waals surface area (Å²) in [5.74, 6) is -0.487. The number of rotatable bonds is 11. The number of aliphatic hydroxyl groups excluding tert-OH is 1. The van der Waals surface area contributed by atoms with Gasteiger partial charge in [0.2, 0.25) is 5.91 Å². The molecule has 0 aromatic heterocycles. The van der Waals surface area contributed by atoms with E-state index in [2.05, 4.69) is 12.2 Å². The molecule has 2 N–H and O–H groups in total. The number of anilines is 1. The molecule has 1 aliphatic heterocycles. The van der Waals surface area contributed by atoms with E-state index in [0.717, 1.165) is 55.5 Å². The van der Waals surface area contributed by atoms with Gasteiger partial charge in [-0.2, -0.15) is 5.10 Å². The normalized spacial score (nSPS) is 20.3. The monoisotopic (exact) mass is 439 g/mol. The standard InChI is InChI=1S/C26H34FN3O2/c1-3-4-13-23-24(20-14-16-21(27)17-15-20)29-30(22-11-7-5-8-12-22)26(23,2)25(32)28-18-9-6-10-19-31/h5,7-8,11-12,14-17,23,31H,3-4,6,9-10,13,18-19H2,1-2H3,(H,28,32). The van der Waals surface area contributed by atoms with Gasteiger partial charge >= 0.3 is 0 Å². The first kappa shape index (κ1) is 23.9. The smallest absolute Gasteiger partial charge is 0.248 e. The fourth-order valence-corrected chi connectivity index (χ4v) is 4.34. The Hall–Kier alpha value is -2.73. The summed E-state index contributed by atoms with van der Waals surface area (Å²) < 4.78 is 13.6. The Labute approximate surface area is 190 Å². The number of nitrogens with zero attached hydrogens (tertiary/aromatic N) is 2. The lowest BCUT2D eigenvalue weighted by Crippen LogP contribution is -2.58. The molecule has 6 heteroatoms. The number of aliphatic hydroxyl groups is 1. The van der Waals surface area contributed by atoms with E-state index in [1.165, 1.54) is 12.1 Å². The highest BCUT2D eigenvalue weighted by Crippen LogP contribution is 2.41. The van der Waals surface area contributed by atoms with Crippen molar-refractivity contribution in [2.24, 2.45) is 11.0 Å². The molecule has 0 bridgehead atoms. The minimum atomic E-state index is -0.906. The lowest BCUT2D eigenvalue weighted by Gasteiger charge is -2.37. The molecule has 0 spiro atoms. The van der Waals surface area contributed by atoms with Crippen LogP contribution in [0.4, 0.5) is 10.1 Å². The fourth-order valence-electron chi connectivity index (χ4n) is 4.34. The van der Waals surface area contributed by atoms with Crippen LogP contribution in [-0.2, 0) is 4.79 Å². The highest BCUT2D eigenvalue weighted by atomic mass is 19.1. The van der Waals surface area contributed by atoms with Crippen LogP contribution in [0.3, 0.4) is 0 Å². The van der Waals surface area contributed by atoms with Crippen LogP contribution in [0.25, 0.3) is 0 Å². The summed E-state index contributed by atoms with van der Waals surface area (Å²) in [4.78, 5) is 13.7. The van der Waals surface area contributed by atoms with E-state index in [0.29, 0.717) is 6.54 Å². The number of hydrogen-bond acceptors (Lipinski definition) is 4. The maximum absolute atomic E-state index is 13.7. The van der Waals surface area contributed by atoms with E-state index in [9.17, 15) is 9.18 Å². The summed E-state index contributed by atoms with van der Waals surface area (Å²) in [6, 6.07) is 16.1. The molecule has 172 valence electrons. The molecule has 2 aromatic carbocycles. The Kier molecular flexibility index (Phi) is 8.39. The van der Waals surface area contributed by atoms with E-state index in [1.54, 1.807) is 12.1 Å². The van der Waals surface area contributed by atoms with Gasteiger partial charge < -0.3 is 10.4 Å². The number of para-hydroxylation sites is 1. The number of hydrogen-bond donors (Lipinski definition) is 2. The molecule has 1 amide bonds. The average molecular weight is 440 g/mol. The fraction of sp³-hybridized carbons (Fsp3) is 0.462. The summed E-state index contributed by atoms with van der Waals surface area (Å²) in [7, 11) is 0. The minimum absolute atomic E-state index is 0.0627. The molecule has 1 aliphatic rings. The second-order valence-corrected chi connectivity index (χ2v) is 8.52. The van der Waals surface area contributed by atoms with Crippen LogP contribution in [0.15, 0.2) is 59.7 Å². The SMILES string of the molecule is CCCCC1C(c2ccc(F)cc2)=NN(c2ccccc2)C1(C)C(=O)NCCCCCO. The second-order valence-electron chi connectivity index (χ2n) is 8.52. The molecule has 32 heavy (non-hydrogen) atoms. The molecule has 0 saturated carbocycles. The van der Waals surface area contributed by atoms with Crippen molar-refractivity contribution in [1.82, 2.24) is 5.32 Å². The molecule has 0 fully saturated rings. The molecule has 3 rings (SSSR count). The number of amides is 1. The highest BCUT2D eigenvalue weighted by molar-refractivity contribution is 6.10. The summed E-state index contributed by atoms with van der Waals surface area (Å²) in [6.45, 7) is 4.82. The third-order valence-electron chi connectivity index (χ3n) is 6.22. The van der Waals surface area contributed by atoms with Gasteiger partial charge in [0.25, 0.3) is 0 Å². The van der Waals surface area contributed by atoms with Gasteiger partial charge in [0.05, 0.1) is 11.4 Å². The number of unbranched alkanes of at least 4 members (excludes halogenated alkanes) is 3. The maximum atomic E-state index is 13.7. The summed E-state index contributed by atoms with van der Waals surface area (Å²) in [5, 5.41) is 18.9. The van der Waals surface area contributed by atoms with Gasteiger partial charge in [0.15, 0.2) is 0 Å². The van der Waals surface area contributed by atoms with Gasteiger partial charge in [-0.05, 0) is 62.4 Å². The molecule has 2 atom stereocenters. The molecular formula is C26H34FN3O2. The minimum Gasteiger partial charge on any atom is -0.396 e. The number of nitrogens with one attached hydrogen (secondary N) is 1. The molecule has 5 nitrogen and oxygen atoms in total. The van der Waals surface area contributed by atoms with E-state index in [-0.39, 0.29) is 24.2 Å². The van der Waals surface area contributed by atoms with Crippen molar-refractivity contribution < 1.29 is 14.3 Å². The second kappa shape index (κ2) is 11.2. The number of carbonyl (C=O) groups is 1. The first-order valence-corrected chi connectivity index (χ1v) is 11.6. The van der Waals surface area contributed by atoms with Crippen molar-refractivity contribution in [3.8, 4) is 0 Å². The van der Waals surface area contributed by atoms with Crippen molar-refractivity contribution in [2.45, 2.75) is 57.9 Å². The summed E-state index contributed by atoms with van der Waals surface area (Å²) in [6.07, 6.45) is 5.21. The lowest BCUT2D eigenvalue weighted by atomic mass is 9.77. The maximum Gasteiger partial charge on any atom is 0.248 e. The Balaban J connectivity index is 1.97. The number of hydrazone groups is 1. The molecule has 0 radical (unpaired) electrons. The van der Waals surface area contributed by atoms with Gasteiger partial charge in [-0.1, -0.05) is 50.1 Å². The van der Waals surface area contributed by atoms with E-state index in [4.69, 9.17) is 10.2 Å². The Morgan fingerprint density at radius 1 is 1.09 bits per heavy atom. The van der Waals surface area contributed by atoms with Crippen LogP contribution in [0.2, 0.25) is 0 Å². The van der Waals surface area contributed by atoms with E-state index in [1.807, 2.05) is 42.3 Å². The van der Waals surface area contributed by atoms with Gasteiger partial charge in [-0.15, -0.1) is 0 Å². The third-order valence-corrected chi connectivity index (χ3v) is 6.22. The van der Waals surface area contributed by atoms with Crippen molar-refractivity contribution in [1.29, 1.82) is 0 Å². The number of benzene rings is 2. The third kappa shape index (κ3) is 5.18. The molecule has 2 unspecified atom stereocenters. The van der Waals surface area contributed by atoms with Crippen LogP contribution in [0, 0.1) is 11.7 Å². The van der Waals surface area contributed by atoms with Crippen LogP contribution in [0.5, 0.6) is 0 Å². The zero-order valence-electron chi connectivity index (χ0n) is 19.1. The van der Waals surface area contributed by atoms with Crippen LogP contribution in [-0.4, -0.2) is 35.4 Å². The number of halogens is 1. The zero-order valence-corrected chi connectivity index (χ0v) is 19.1. The van der Waals surface area contributed by atoms with Crippen LogP contribution < -0.4 is 10.3 Å². The van der Waals surface area contributed by atoms with Gasteiger partial charge in [0.1, 0.15) is 11.4 Å². The first-order valence-electron chi connectivity index (χ1n) is 11.6. The highest BCUT2D eigenvalue weighted by Gasteiger charge is 2.53. The van der Waals surface area contributed by atoms with Gasteiger partial charge in [-0.25, -0.2) is 9.40 Å². The Morgan fingerprint density at radius 2 is 1.81 bits per heavy atom. The topological polar surface area (TPSA) is 64.9 Å². The van der Waals surface area contributed by atoms with Crippen molar-refractivity contribution in [3.05, 3.63) is 66.0 Å². The van der Waals surface area contributed by atoms with Crippen molar-refractivity contribution in [2.75, 3.05) is 18.2 Å². The Bertz CT molecular complexity index is 901. The Morgan fingerprint density at radius 3 is 2.47 bits per heavy atom. The molecule has 1 heterocycles. The van der Waals surface area contributed by atoms with Crippen molar-refractivity contribution >= 4 is 17.3 Å². The molecule has 0 aliphatic carbocycles. The quantitative estimate of drug-likeness (QED) is 0.490. The van der Waals surface area contributed by atoms with Crippen LogP contribution >= 0.6 is 0 Å². The molecular weight excluding hydrogens is 405 g/mol. The summed E-state index contributed by atoms with van der Waals surface area (Å²) in [5.41, 5.74) is 1.61. The zero-order chi connectivity index (χ0) is 23.0. The largest absolute Gasteiger partial charge is 0.396 e. The van der Waals surface area contributed by atoms with Crippen molar-refractivity contribution in [3.63, 3.8) is 0 Å². The predicted molar refractivity (Wildman–Crippen MR) is 127 cm³/mol. The average Bonchev–Trinajstić information content (AvgIpc) is 3.11.